The van der Waals surface area contributed by atoms with Crippen LogP contribution in [0.3, 0.4) is 0 Å². The van der Waals surface area contributed by atoms with Crippen LogP contribution in [-0.4, -0.2) is 32.3 Å². The minimum Gasteiger partial charge on any atom is -0.385 e. The number of anilines is 1. The van der Waals surface area contributed by atoms with Crippen LogP contribution >= 0.6 is 0 Å². The molecule has 1 atom stereocenters. The molecule has 0 amide bonds. The first-order valence-electron chi connectivity index (χ1n) is 6.40. The van der Waals surface area contributed by atoms with Crippen molar-refractivity contribution in [2.24, 2.45) is 0 Å². The van der Waals surface area contributed by atoms with Crippen LogP contribution in [0.1, 0.15) is 17.5 Å². The molecular formula is C14H22N2O. The molecule has 0 aromatic heterocycles. The average molecular weight is 234 g/mol. The second-order valence-electron chi connectivity index (χ2n) is 4.68. The Kier molecular flexibility index (Phi) is 4.40. The van der Waals surface area contributed by atoms with Crippen LogP contribution in [-0.2, 0) is 4.74 Å². The Balaban J connectivity index is 1.81. The van der Waals surface area contributed by atoms with Crippen molar-refractivity contribution in [2.75, 3.05) is 31.6 Å². The zero-order valence-electron chi connectivity index (χ0n) is 10.8. The molecule has 1 saturated heterocycles. The molecule has 2 N–H and O–H groups in total. The van der Waals surface area contributed by atoms with E-state index in [0.717, 1.165) is 32.7 Å². The van der Waals surface area contributed by atoms with Gasteiger partial charge < -0.3 is 15.4 Å². The Bertz CT molecular complexity index is 339. The number of aryl methyl sites for hydroxylation is 2. The fraction of sp³-hybridized carbons (Fsp3) is 0.571. The lowest BCUT2D eigenvalue weighted by atomic mass is 10.1. The predicted octanol–water partition coefficient (Wildman–Crippen LogP) is 2.09. The maximum Gasteiger partial charge on any atom is 0.0716 e. The maximum atomic E-state index is 5.67. The Hall–Kier alpha value is -1.06. The Morgan fingerprint density at radius 2 is 2.12 bits per heavy atom. The molecule has 0 bridgehead atoms. The van der Waals surface area contributed by atoms with Crippen LogP contribution in [0.5, 0.6) is 0 Å². The first kappa shape index (κ1) is 12.4. The van der Waals surface area contributed by atoms with Gasteiger partial charge in [0.1, 0.15) is 0 Å². The molecule has 0 radical (unpaired) electrons. The third-order valence-electron chi connectivity index (χ3n) is 3.25. The van der Waals surface area contributed by atoms with Crippen molar-refractivity contribution in [1.29, 1.82) is 0 Å². The van der Waals surface area contributed by atoms with E-state index in [-0.39, 0.29) is 0 Å². The molecule has 0 spiro atoms. The molecule has 3 nitrogen and oxygen atoms in total. The Morgan fingerprint density at radius 3 is 2.76 bits per heavy atom. The highest BCUT2D eigenvalue weighted by atomic mass is 16.5. The van der Waals surface area contributed by atoms with Gasteiger partial charge in [-0.2, -0.15) is 0 Å². The minimum absolute atomic E-state index is 0.362. The standard InChI is InChI=1S/C14H22N2O/c1-11-4-3-5-12(2)14(11)16-7-6-13-10-15-8-9-17-13/h3-5,13,15-16H,6-10H2,1-2H3. The number of nitrogens with one attached hydrogen (secondary N) is 2. The Labute approximate surface area is 104 Å². The van der Waals surface area contributed by atoms with Gasteiger partial charge in [-0.25, -0.2) is 0 Å². The van der Waals surface area contributed by atoms with Crippen molar-refractivity contribution in [3.05, 3.63) is 29.3 Å². The lowest BCUT2D eigenvalue weighted by Gasteiger charge is -2.24. The largest absolute Gasteiger partial charge is 0.385 e. The molecule has 2 rings (SSSR count). The first-order chi connectivity index (χ1) is 8.27. The van der Waals surface area contributed by atoms with Crippen LogP contribution in [0.2, 0.25) is 0 Å². The molecule has 1 heterocycles. The van der Waals surface area contributed by atoms with Gasteiger partial charge in [-0.3, -0.25) is 0 Å². The quantitative estimate of drug-likeness (QED) is 0.837. The van der Waals surface area contributed by atoms with Gasteiger partial charge in [0.25, 0.3) is 0 Å². The van der Waals surface area contributed by atoms with Crippen molar-refractivity contribution in [3.8, 4) is 0 Å². The molecule has 94 valence electrons. The number of para-hydroxylation sites is 1. The van der Waals surface area contributed by atoms with Crippen molar-refractivity contribution < 1.29 is 4.74 Å². The SMILES string of the molecule is Cc1cccc(C)c1NCCC1CNCCO1. The van der Waals surface area contributed by atoms with E-state index in [9.17, 15) is 0 Å². The van der Waals surface area contributed by atoms with E-state index in [1.165, 1.54) is 16.8 Å². The van der Waals surface area contributed by atoms with Crippen molar-refractivity contribution in [2.45, 2.75) is 26.4 Å². The summed E-state index contributed by atoms with van der Waals surface area (Å²) in [5, 5.41) is 6.87. The van der Waals surface area contributed by atoms with Gasteiger partial charge in [0.2, 0.25) is 0 Å². The summed E-state index contributed by atoms with van der Waals surface area (Å²) in [4.78, 5) is 0. The van der Waals surface area contributed by atoms with Crippen LogP contribution in [0.15, 0.2) is 18.2 Å². The van der Waals surface area contributed by atoms with Crippen LogP contribution in [0.4, 0.5) is 5.69 Å². The third kappa shape index (κ3) is 3.45. The molecule has 1 fully saturated rings. The van der Waals surface area contributed by atoms with Gasteiger partial charge in [0.05, 0.1) is 12.7 Å². The van der Waals surface area contributed by atoms with Gasteiger partial charge >= 0.3 is 0 Å². The number of rotatable bonds is 4. The molecule has 1 aromatic carbocycles. The van der Waals surface area contributed by atoms with E-state index in [0.29, 0.717) is 6.10 Å². The highest BCUT2D eigenvalue weighted by Crippen LogP contribution is 2.19. The fourth-order valence-electron chi connectivity index (χ4n) is 2.26. The second kappa shape index (κ2) is 6.03. The van der Waals surface area contributed by atoms with Crippen LogP contribution in [0, 0.1) is 13.8 Å². The molecule has 1 aromatic rings. The fourth-order valence-corrected chi connectivity index (χ4v) is 2.26. The summed E-state index contributed by atoms with van der Waals surface area (Å²) < 4.78 is 5.67. The number of ether oxygens (including phenoxy) is 1. The molecule has 0 aliphatic carbocycles. The van der Waals surface area contributed by atoms with Gasteiger partial charge in [0.15, 0.2) is 0 Å². The normalized spacial score (nSPS) is 20.2. The zero-order chi connectivity index (χ0) is 12.1. The summed E-state index contributed by atoms with van der Waals surface area (Å²) in [7, 11) is 0. The lowest BCUT2D eigenvalue weighted by Crippen LogP contribution is -2.39. The summed E-state index contributed by atoms with van der Waals surface area (Å²) >= 11 is 0. The molecule has 3 heteroatoms. The summed E-state index contributed by atoms with van der Waals surface area (Å²) in [6.07, 6.45) is 1.42. The van der Waals surface area contributed by atoms with Crippen molar-refractivity contribution in [3.63, 3.8) is 0 Å². The van der Waals surface area contributed by atoms with E-state index in [1.807, 2.05) is 0 Å². The topological polar surface area (TPSA) is 33.3 Å². The summed E-state index contributed by atoms with van der Waals surface area (Å²) in [6.45, 7) is 8.07. The number of benzene rings is 1. The number of hydrogen-bond acceptors (Lipinski definition) is 3. The van der Waals surface area contributed by atoms with E-state index in [4.69, 9.17) is 4.74 Å². The Morgan fingerprint density at radius 1 is 1.35 bits per heavy atom. The minimum atomic E-state index is 0.362. The van der Waals surface area contributed by atoms with E-state index in [1.54, 1.807) is 0 Å². The van der Waals surface area contributed by atoms with E-state index < -0.39 is 0 Å². The molecule has 0 saturated carbocycles. The molecular weight excluding hydrogens is 212 g/mol. The predicted molar refractivity (Wildman–Crippen MR) is 71.6 cm³/mol. The molecule has 1 aliphatic heterocycles. The zero-order valence-corrected chi connectivity index (χ0v) is 10.8. The van der Waals surface area contributed by atoms with E-state index in [2.05, 4.69) is 42.7 Å². The van der Waals surface area contributed by atoms with Crippen LogP contribution < -0.4 is 10.6 Å². The maximum absolute atomic E-state index is 5.67. The van der Waals surface area contributed by atoms with Gasteiger partial charge in [-0.1, -0.05) is 18.2 Å². The summed E-state index contributed by atoms with van der Waals surface area (Å²) in [5.41, 5.74) is 3.90. The first-order valence-corrected chi connectivity index (χ1v) is 6.40. The summed E-state index contributed by atoms with van der Waals surface area (Å²) in [6, 6.07) is 6.39. The van der Waals surface area contributed by atoms with Crippen LogP contribution in [0.25, 0.3) is 0 Å². The highest BCUT2D eigenvalue weighted by Gasteiger charge is 2.12. The highest BCUT2D eigenvalue weighted by molar-refractivity contribution is 5.56. The molecule has 17 heavy (non-hydrogen) atoms. The van der Waals surface area contributed by atoms with Crippen molar-refractivity contribution >= 4 is 5.69 Å². The van der Waals surface area contributed by atoms with Crippen molar-refractivity contribution in [1.82, 2.24) is 5.32 Å². The lowest BCUT2D eigenvalue weighted by molar-refractivity contribution is 0.0258. The van der Waals surface area contributed by atoms with Gasteiger partial charge in [-0.15, -0.1) is 0 Å². The molecule has 1 aliphatic rings. The van der Waals surface area contributed by atoms with Gasteiger partial charge in [-0.05, 0) is 31.4 Å². The second-order valence-corrected chi connectivity index (χ2v) is 4.68. The average Bonchev–Trinajstić information content (AvgIpc) is 2.34. The molecule has 1 unspecified atom stereocenters. The smallest absolute Gasteiger partial charge is 0.0716 e. The number of hydrogen-bond donors (Lipinski definition) is 2. The monoisotopic (exact) mass is 234 g/mol. The summed E-state index contributed by atoms with van der Waals surface area (Å²) in [5.74, 6) is 0. The third-order valence-corrected chi connectivity index (χ3v) is 3.25. The van der Waals surface area contributed by atoms with Gasteiger partial charge in [0, 0.05) is 25.3 Å². The van der Waals surface area contributed by atoms with E-state index >= 15 is 0 Å². The number of morpholine rings is 1.